The molecule has 3 aromatic rings. The molecule has 0 unspecified atom stereocenters. The highest BCUT2D eigenvalue weighted by molar-refractivity contribution is 5.60. The van der Waals surface area contributed by atoms with E-state index in [1.165, 1.54) is 6.42 Å². The number of hydrogen-bond acceptors (Lipinski definition) is 5. The van der Waals surface area contributed by atoms with Gasteiger partial charge in [0.25, 0.3) is 0 Å². The molecule has 1 aromatic carbocycles. The van der Waals surface area contributed by atoms with Gasteiger partial charge < -0.3 is 4.74 Å². The number of pyridine rings is 1. The van der Waals surface area contributed by atoms with Crippen molar-refractivity contribution < 1.29 is 4.74 Å². The van der Waals surface area contributed by atoms with Crippen molar-refractivity contribution in [3.05, 3.63) is 72.4 Å². The van der Waals surface area contributed by atoms with Crippen molar-refractivity contribution in [1.82, 2.24) is 19.9 Å². The first kappa shape index (κ1) is 17.6. The Hall–Kier alpha value is -2.79. The smallest absolute Gasteiger partial charge is 0.119 e. The number of ether oxygens (including phenoxy) is 1. The molecule has 1 saturated heterocycles. The summed E-state index contributed by atoms with van der Waals surface area (Å²) in [5, 5.41) is 0. The Balaban J connectivity index is 1.51. The topological polar surface area (TPSA) is 51.1 Å². The van der Waals surface area contributed by atoms with E-state index in [1.54, 1.807) is 7.11 Å². The Morgan fingerprint density at radius 1 is 1.15 bits per heavy atom. The predicted octanol–water partition coefficient (Wildman–Crippen LogP) is 3.93. The minimum atomic E-state index is 0.403. The van der Waals surface area contributed by atoms with Gasteiger partial charge in [0, 0.05) is 37.0 Å². The van der Waals surface area contributed by atoms with Crippen LogP contribution in [0.25, 0.3) is 11.3 Å². The number of piperidine rings is 1. The van der Waals surface area contributed by atoms with E-state index >= 15 is 0 Å². The first-order chi connectivity index (χ1) is 13.3. The van der Waals surface area contributed by atoms with Crippen LogP contribution in [-0.2, 0) is 6.54 Å². The van der Waals surface area contributed by atoms with E-state index in [2.05, 4.69) is 20.9 Å². The molecular formula is C22H24N4O. The fourth-order valence-electron chi connectivity index (χ4n) is 3.66. The van der Waals surface area contributed by atoms with Crippen molar-refractivity contribution in [3.8, 4) is 17.0 Å². The number of nitrogens with zero attached hydrogens (tertiary/aromatic N) is 4. The lowest BCUT2D eigenvalue weighted by Gasteiger charge is -2.32. The van der Waals surface area contributed by atoms with Gasteiger partial charge in [-0.2, -0.15) is 0 Å². The van der Waals surface area contributed by atoms with Crippen LogP contribution >= 0.6 is 0 Å². The molecule has 4 rings (SSSR count). The summed E-state index contributed by atoms with van der Waals surface area (Å²) in [7, 11) is 1.68. The zero-order valence-corrected chi connectivity index (χ0v) is 15.6. The van der Waals surface area contributed by atoms with Gasteiger partial charge in [0.1, 0.15) is 5.75 Å². The molecule has 0 radical (unpaired) electrons. The Morgan fingerprint density at radius 2 is 2.11 bits per heavy atom. The lowest BCUT2D eigenvalue weighted by atomic mass is 9.94. The van der Waals surface area contributed by atoms with Gasteiger partial charge in [0.15, 0.2) is 0 Å². The average molecular weight is 360 g/mol. The molecule has 1 atom stereocenters. The molecule has 0 bridgehead atoms. The summed E-state index contributed by atoms with van der Waals surface area (Å²) in [4.78, 5) is 16.3. The third kappa shape index (κ3) is 4.31. The third-order valence-corrected chi connectivity index (χ3v) is 5.05. The molecule has 1 fully saturated rings. The van der Waals surface area contributed by atoms with E-state index < -0.39 is 0 Å². The van der Waals surface area contributed by atoms with Crippen LogP contribution in [0, 0.1) is 0 Å². The van der Waals surface area contributed by atoms with Crippen LogP contribution in [0.5, 0.6) is 5.75 Å². The second-order valence-corrected chi connectivity index (χ2v) is 6.96. The summed E-state index contributed by atoms with van der Waals surface area (Å²) in [6.07, 6.45) is 7.92. The normalized spacial score (nSPS) is 17.6. The maximum atomic E-state index is 5.33. The molecule has 138 valence electrons. The zero-order chi connectivity index (χ0) is 18.5. The number of benzene rings is 1. The van der Waals surface area contributed by atoms with Gasteiger partial charge in [-0.3, -0.25) is 14.9 Å². The van der Waals surface area contributed by atoms with Gasteiger partial charge in [-0.05, 0) is 43.7 Å². The van der Waals surface area contributed by atoms with E-state index in [9.17, 15) is 0 Å². The number of rotatable bonds is 5. The highest BCUT2D eigenvalue weighted by Crippen LogP contribution is 2.28. The van der Waals surface area contributed by atoms with E-state index in [0.717, 1.165) is 54.4 Å². The van der Waals surface area contributed by atoms with Crippen molar-refractivity contribution in [2.45, 2.75) is 25.3 Å². The van der Waals surface area contributed by atoms with Crippen molar-refractivity contribution in [2.24, 2.45) is 0 Å². The van der Waals surface area contributed by atoms with Crippen LogP contribution < -0.4 is 4.74 Å². The fourth-order valence-corrected chi connectivity index (χ4v) is 3.66. The number of aromatic nitrogens is 3. The van der Waals surface area contributed by atoms with Crippen molar-refractivity contribution in [3.63, 3.8) is 0 Å². The standard InChI is InChI=1S/C22H24N4O/c1-27-20-9-4-6-17(12-20)21-13-23-14-22(25-21)18-7-5-11-26(15-18)16-19-8-2-3-10-24-19/h2-4,6,8-10,12-14,18H,5,7,11,15-16H2,1H3/t18-/m1/s1. The summed E-state index contributed by atoms with van der Waals surface area (Å²) in [6, 6.07) is 14.1. The minimum absolute atomic E-state index is 0.403. The lowest BCUT2D eigenvalue weighted by molar-refractivity contribution is 0.196. The lowest BCUT2D eigenvalue weighted by Crippen LogP contribution is -2.34. The van der Waals surface area contributed by atoms with Crippen molar-refractivity contribution in [2.75, 3.05) is 20.2 Å². The molecule has 0 spiro atoms. The van der Waals surface area contributed by atoms with Crippen molar-refractivity contribution >= 4 is 0 Å². The first-order valence-electron chi connectivity index (χ1n) is 9.40. The Kier molecular flexibility index (Phi) is 5.39. The van der Waals surface area contributed by atoms with E-state index in [-0.39, 0.29) is 0 Å². The quantitative estimate of drug-likeness (QED) is 0.690. The number of methoxy groups -OCH3 is 1. The van der Waals surface area contributed by atoms with Gasteiger partial charge in [-0.15, -0.1) is 0 Å². The summed E-state index contributed by atoms with van der Waals surface area (Å²) in [5.74, 6) is 1.24. The molecule has 1 aliphatic rings. The molecule has 1 aliphatic heterocycles. The van der Waals surface area contributed by atoms with Crippen molar-refractivity contribution in [1.29, 1.82) is 0 Å². The van der Waals surface area contributed by atoms with E-state index in [1.807, 2.05) is 55.0 Å². The van der Waals surface area contributed by atoms with Gasteiger partial charge in [0.05, 0.1) is 30.4 Å². The molecule has 27 heavy (non-hydrogen) atoms. The summed E-state index contributed by atoms with van der Waals surface area (Å²) < 4.78 is 5.33. The Morgan fingerprint density at radius 3 is 2.96 bits per heavy atom. The van der Waals surface area contributed by atoms with Gasteiger partial charge >= 0.3 is 0 Å². The maximum Gasteiger partial charge on any atom is 0.119 e. The molecule has 5 heteroatoms. The molecule has 3 heterocycles. The summed E-state index contributed by atoms with van der Waals surface area (Å²) in [5.41, 5.74) is 4.12. The number of hydrogen-bond donors (Lipinski definition) is 0. The predicted molar refractivity (Wildman–Crippen MR) is 106 cm³/mol. The molecule has 0 N–H and O–H groups in total. The van der Waals surface area contributed by atoms with Gasteiger partial charge in [-0.25, -0.2) is 4.98 Å². The first-order valence-corrected chi connectivity index (χ1v) is 9.40. The fraction of sp³-hybridized carbons (Fsp3) is 0.318. The molecule has 0 aliphatic carbocycles. The van der Waals surface area contributed by atoms with Crippen LogP contribution in [0.1, 0.15) is 30.1 Å². The largest absolute Gasteiger partial charge is 0.497 e. The molecular weight excluding hydrogens is 336 g/mol. The zero-order valence-electron chi connectivity index (χ0n) is 15.6. The number of likely N-dealkylation sites (tertiary alicyclic amines) is 1. The average Bonchev–Trinajstić information content (AvgIpc) is 2.75. The van der Waals surface area contributed by atoms with E-state index in [4.69, 9.17) is 9.72 Å². The Bertz CT molecular complexity index is 884. The molecule has 5 nitrogen and oxygen atoms in total. The maximum absolute atomic E-state index is 5.33. The highest BCUT2D eigenvalue weighted by atomic mass is 16.5. The Labute approximate surface area is 160 Å². The van der Waals surface area contributed by atoms with Crippen LogP contribution in [0.4, 0.5) is 0 Å². The van der Waals surface area contributed by atoms with Gasteiger partial charge in [0.2, 0.25) is 0 Å². The monoisotopic (exact) mass is 360 g/mol. The second-order valence-electron chi connectivity index (χ2n) is 6.96. The van der Waals surface area contributed by atoms with Crippen LogP contribution in [0.3, 0.4) is 0 Å². The van der Waals surface area contributed by atoms with E-state index in [0.29, 0.717) is 5.92 Å². The third-order valence-electron chi connectivity index (χ3n) is 5.05. The highest BCUT2D eigenvalue weighted by Gasteiger charge is 2.23. The summed E-state index contributed by atoms with van der Waals surface area (Å²) in [6.45, 7) is 2.99. The molecule has 0 amide bonds. The molecule has 0 saturated carbocycles. The van der Waals surface area contributed by atoms with Crippen LogP contribution in [0.2, 0.25) is 0 Å². The second kappa shape index (κ2) is 8.27. The summed E-state index contributed by atoms with van der Waals surface area (Å²) >= 11 is 0. The molecule has 2 aromatic heterocycles. The minimum Gasteiger partial charge on any atom is -0.497 e. The SMILES string of the molecule is COc1cccc(-c2cncc([C@@H]3CCCN(Cc4ccccn4)C3)n2)c1. The van der Waals surface area contributed by atoms with Crippen LogP contribution in [0.15, 0.2) is 61.1 Å². The van der Waals surface area contributed by atoms with Crippen LogP contribution in [-0.4, -0.2) is 40.1 Å². The van der Waals surface area contributed by atoms with Gasteiger partial charge in [-0.1, -0.05) is 18.2 Å².